The first kappa shape index (κ1) is 17.6. The molecule has 0 aliphatic heterocycles. The normalized spacial score (nSPS) is 12.1. The number of carbonyl (C=O) groups is 1. The van der Waals surface area contributed by atoms with Crippen molar-refractivity contribution >= 4 is 38.3 Å². The van der Waals surface area contributed by atoms with E-state index in [0.29, 0.717) is 4.47 Å². The Balaban J connectivity index is 1.65. The number of fused-ring (bicyclic) bond motifs is 1. The van der Waals surface area contributed by atoms with Gasteiger partial charge in [-0.1, -0.05) is 58.4 Å². The molecule has 0 spiro atoms. The quantitative estimate of drug-likeness (QED) is 0.666. The summed E-state index contributed by atoms with van der Waals surface area (Å²) in [5.74, 6) is -0.682. The second-order valence-corrected chi connectivity index (χ2v) is 6.88. The van der Waals surface area contributed by atoms with Crippen molar-refractivity contribution in [3.05, 3.63) is 76.5 Å². The number of benzene rings is 3. The van der Waals surface area contributed by atoms with Crippen LogP contribution in [-0.2, 0) is 4.79 Å². The number of hydrogen-bond donors (Lipinski definition) is 2. The lowest BCUT2D eigenvalue weighted by molar-refractivity contribution is -0.682. The van der Waals surface area contributed by atoms with Crippen LogP contribution in [0.1, 0.15) is 18.5 Å². The topological polar surface area (TPSA) is 45.7 Å². The monoisotopic (exact) mass is 401 g/mol. The van der Waals surface area contributed by atoms with Crippen LogP contribution in [0.3, 0.4) is 0 Å². The average Bonchev–Trinajstić information content (AvgIpc) is 2.61. The maximum atomic E-state index is 13.8. The Bertz CT molecular complexity index is 908. The molecule has 3 aromatic rings. The van der Waals surface area contributed by atoms with Crippen molar-refractivity contribution < 1.29 is 14.5 Å². The summed E-state index contributed by atoms with van der Waals surface area (Å²) in [5, 5.41) is 6.94. The van der Waals surface area contributed by atoms with E-state index < -0.39 is 5.82 Å². The molecule has 25 heavy (non-hydrogen) atoms. The predicted octanol–water partition coefficient (Wildman–Crippen LogP) is 4.00. The standard InChI is InChI=1S/C20H18BrFN2O/c1-13(16-8-4-6-14-5-2-3-7-17(14)16)23-12-20(25)24-19-10-9-15(21)11-18(19)22/h2-11,13,23H,12H2,1H3,(H,24,25)/p+1/t13-/m1/s1. The van der Waals surface area contributed by atoms with Crippen molar-refractivity contribution in [1.29, 1.82) is 0 Å². The van der Waals surface area contributed by atoms with Crippen LogP contribution in [0.5, 0.6) is 0 Å². The molecule has 3 N–H and O–H groups in total. The molecule has 3 aromatic carbocycles. The summed E-state index contributed by atoms with van der Waals surface area (Å²) in [6.07, 6.45) is 0. The molecule has 1 amide bonds. The Hall–Kier alpha value is -2.24. The number of carbonyl (C=O) groups excluding carboxylic acids is 1. The first-order valence-corrected chi connectivity index (χ1v) is 8.90. The van der Waals surface area contributed by atoms with Gasteiger partial charge in [-0.15, -0.1) is 0 Å². The van der Waals surface area contributed by atoms with Gasteiger partial charge in [0.1, 0.15) is 11.9 Å². The molecule has 0 aromatic heterocycles. The first-order chi connectivity index (χ1) is 12.0. The molecule has 3 nitrogen and oxygen atoms in total. The van der Waals surface area contributed by atoms with Gasteiger partial charge in [-0.25, -0.2) is 4.39 Å². The largest absolute Gasteiger partial charge is 0.332 e. The molecular formula is C20H19BrFN2O+. The number of quaternary nitrogens is 1. The SMILES string of the molecule is C[C@@H]([NH2+]CC(=O)Nc1ccc(Br)cc1F)c1cccc2ccccc12. The van der Waals surface area contributed by atoms with E-state index in [0.717, 1.165) is 0 Å². The Labute approximate surface area is 154 Å². The smallest absolute Gasteiger partial charge is 0.279 e. The van der Waals surface area contributed by atoms with Gasteiger partial charge in [-0.05, 0) is 35.9 Å². The lowest BCUT2D eigenvalue weighted by atomic mass is 10.00. The number of nitrogens with one attached hydrogen (secondary N) is 1. The fourth-order valence-corrected chi connectivity index (χ4v) is 3.18. The van der Waals surface area contributed by atoms with E-state index in [4.69, 9.17) is 0 Å². The molecule has 0 saturated heterocycles. The van der Waals surface area contributed by atoms with Crippen molar-refractivity contribution in [1.82, 2.24) is 0 Å². The van der Waals surface area contributed by atoms with Crippen LogP contribution in [0.25, 0.3) is 10.8 Å². The highest BCUT2D eigenvalue weighted by molar-refractivity contribution is 9.10. The molecule has 0 bridgehead atoms. The predicted molar refractivity (Wildman–Crippen MR) is 102 cm³/mol. The summed E-state index contributed by atoms with van der Waals surface area (Å²) in [7, 11) is 0. The van der Waals surface area contributed by atoms with Gasteiger partial charge in [-0.3, -0.25) is 4.79 Å². The van der Waals surface area contributed by atoms with Crippen molar-refractivity contribution in [2.45, 2.75) is 13.0 Å². The Morgan fingerprint density at radius 1 is 1.16 bits per heavy atom. The minimum atomic E-state index is -0.454. The Morgan fingerprint density at radius 2 is 1.92 bits per heavy atom. The highest BCUT2D eigenvalue weighted by Gasteiger charge is 2.15. The second-order valence-electron chi connectivity index (χ2n) is 5.97. The van der Waals surface area contributed by atoms with Crippen molar-refractivity contribution in [3.63, 3.8) is 0 Å². The maximum Gasteiger partial charge on any atom is 0.279 e. The molecular weight excluding hydrogens is 383 g/mol. The van der Waals surface area contributed by atoms with Crippen LogP contribution in [0, 0.1) is 5.82 Å². The average molecular weight is 402 g/mol. The molecule has 0 fully saturated rings. The highest BCUT2D eigenvalue weighted by Crippen LogP contribution is 2.22. The van der Waals surface area contributed by atoms with E-state index in [2.05, 4.69) is 52.4 Å². The molecule has 0 radical (unpaired) electrons. The lowest BCUT2D eigenvalue weighted by Crippen LogP contribution is -2.86. The molecule has 128 valence electrons. The van der Waals surface area contributed by atoms with Gasteiger partial charge in [0.2, 0.25) is 0 Å². The molecule has 0 unspecified atom stereocenters. The first-order valence-electron chi connectivity index (χ1n) is 8.10. The fraction of sp³-hybridized carbons (Fsp3) is 0.150. The Morgan fingerprint density at radius 3 is 2.72 bits per heavy atom. The molecule has 0 aliphatic rings. The van der Waals surface area contributed by atoms with Crippen LogP contribution in [0.4, 0.5) is 10.1 Å². The van der Waals surface area contributed by atoms with Crippen LogP contribution in [0.2, 0.25) is 0 Å². The van der Waals surface area contributed by atoms with Crippen molar-refractivity contribution in [3.8, 4) is 0 Å². The molecule has 0 heterocycles. The third-order valence-electron chi connectivity index (χ3n) is 4.18. The van der Waals surface area contributed by atoms with Crippen LogP contribution in [-0.4, -0.2) is 12.5 Å². The lowest BCUT2D eigenvalue weighted by Gasteiger charge is -2.14. The second kappa shape index (κ2) is 7.76. The maximum absolute atomic E-state index is 13.8. The zero-order valence-corrected chi connectivity index (χ0v) is 15.4. The van der Waals surface area contributed by atoms with Gasteiger partial charge < -0.3 is 10.6 Å². The molecule has 5 heteroatoms. The number of hydrogen-bond acceptors (Lipinski definition) is 1. The van der Waals surface area contributed by atoms with E-state index >= 15 is 0 Å². The minimum absolute atomic E-state index is 0.117. The zero-order chi connectivity index (χ0) is 17.8. The zero-order valence-electron chi connectivity index (χ0n) is 13.8. The Kier molecular flexibility index (Phi) is 5.46. The van der Waals surface area contributed by atoms with Crippen LogP contribution in [0.15, 0.2) is 65.1 Å². The van der Waals surface area contributed by atoms with E-state index in [1.165, 1.54) is 22.4 Å². The number of anilines is 1. The van der Waals surface area contributed by atoms with Gasteiger partial charge in [0.15, 0.2) is 6.54 Å². The van der Waals surface area contributed by atoms with Gasteiger partial charge in [0, 0.05) is 10.0 Å². The van der Waals surface area contributed by atoms with E-state index in [9.17, 15) is 9.18 Å². The number of halogens is 2. The summed E-state index contributed by atoms with van der Waals surface area (Å²) < 4.78 is 14.4. The summed E-state index contributed by atoms with van der Waals surface area (Å²) in [5.41, 5.74) is 1.38. The van der Waals surface area contributed by atoms with Gasteiger partial charge in [0.25, 0.3) is 5.91 Å². The number of amides is 1. The fourth-order valence-electron chi connectivity index (χ4n) is 2.85. The molecule has 0 aliphatic carbocycles. The third-order valence-corrected chi connectivity index (χ3v) is 4.67. The van der Waals surface area contributed by atoms with Gasteiger partial charge >= 0.3 is 0 Å². The minimum Gasteiger partial charge on any atom is -0.332 e. The molecule has 3 rings (SSSR count). The van der Waals surface area contributed by atoms with Gasteiger partial charge in [-0.2, -0.15) is 0 Å². The summed E-state index contributed by atoms with van der Waals surface area (Å²) >= 11 is 3.20. The van der Waals surface area contributed by atoms with Gasteiger partial charge in [0.05, 0.1) is 5.69 Å². The number of rotatable bonds is 5. The summed E-state index contributed by atoms with van der Waals surface area (Å²) in [4.78, 5) is 12.1. The van der Waals surface area contributed by atoms with Crippen LogP contribution < -0.4 is 10.6 Å². The summed E-state index contributed by atoms with van der Waals surface area (Å²) in [6.45, 7) is 2.29. The molecule has 1 atom stereocenters. The van der Waals surface area contributed by atoms with Crippen molar-refractivity contribution in [2.24, 2.45) is 0 Å². The third kappa shape index (κ3) is 4.24. The summed E-state index contributed by atoms with van der Waals surface area (Å²) in [6, 6.07) is 19.1. The van der Waals surface area contributed by atoms with Crippen LogP contribution >= 0.6 is 15.9 Å². The number of nitrogens with two attached hydrogens (primary N) is 1. The van der Waals surface area contributed by atoms with Crippen molar-refractivity contribution in [2.75, 3.05) is 11.9 Å². The highest BCUT2D eigenvalue weighted by atomic mass is 79.9. The van der Waals surface area contributed by atoms with E-state index in [1.54, 1.807) is 12.1 Å². The van der Waals surface area contributed by atoms with E-state index in [1.807, 2.05) is 23.5 Å². The van der Waals surface area contributed by atoms with E-state index in [-0.39, 0.29) is 24.2 Å². The molecule has 0 saturated carbocycles.